The Kier molecular flexibility index (Phi) is 7.00. The minimum atomic E-state index is -3.69. The summed E-state index contributed by atoms with van der Waals surface area (Å²) in [6.07, 6.45) is -0.245. The van der Waals surface area contributed by atoms with E-state index in [9.17, 15) is 16.8 Å². The van der Waals surface area contributed by atoms with Crippen molar-refractivity contribution in [1.82, 2.24) is 17.2 Å². The van der Waals surface area contributed by atoms with Crippen LogP contribution in [0.25, 0.3) is 0 Å². The van der Waals surface area contributed by atoms with Crippen LogP contribution in [0.15, 0.2) is 0 Å². The van der Waals surface area contributed by atoms with Crippen molar-refractivity contribution in [3.8, 4) is 6.07 Å². The summed E-state index contributed by atoms with van der Waals surface area (Å²) in [5.74, 6) is 0. The molecule has 0 aliphatic carbocycles. The summed E-state index contributed by atoms with van der Waals surface area (Å²) < 4.78 is 61.4. The molecule has 0 saturated carbocycles. The standard InChI is InChI=1S/C14H27N5O5S2/c1-13-11-19(12-14(2)24-13)26(22,23)18-9-7-17(8-10-18)25(20,21)16(3)6-4-5-15/h13-14H,4,6-12H2,1-3H3. The van der Waals surface area contributed by atoms with Gasteiger partial charge in [0.05, 0.1) is 18.3 Å². The zero-order valence-corrected chi connectivity index (χ0v) is 17.0. The molecule has 0 bridgehead atoms. The van der Waals surface area contributed by atoms with Gasteiger partial charge in [-0.2, -0.15) is 39.3 Å². The fourth-order valence-electron chi connectivity index (χ4n) is 3.13. The van der Waals surface area contributed by atoms with Crippen molar-refractivity contribution in [2.45, 2.75) is 32.5 Å². The summed E-state index contributed by atoms with van der Waals surface area (Å²) in [6, 6.07) is 1.92. The Bertz CT molecular complexity index is 717. The maximum Gasteiger partial charge on any atom is 0.282 e. The SMILES string of the molecule is CC1CN(S(=O)(=O)N2CCN(S(=O)(=O)N(C)CCC#N)CC2)CC(C)O1. The minimum Gasteiger partial charge on any atom is -0.373 e. The normalized spacial score (nSPS) is 27.5. The summed E-state index contributed by atoms with van der Waals surface area (Å²) in [4.78, 5) is 0. The number of nitriles is 1. The van der Waals surface area contributed by atoms with Gasteiger partial charge in [-0.05, 0) is 13.8 Å². The molecule has 2 aliphatic rings. The molecule has 0 aromatic carbocycles. The number of hydrogen-bond acceptors (Lipinski definition) is 6. The lowest BCUT2D eigenvalue weighted by Gasteiger charge is -2.40. The van der Waals surface area contributed by atoms with Crippen molar-refractivity contribution in [3.05, 3.63) is 0 Å². The van der Waals surface area contributed by atoms with Gasteiger partial charge in [0.25, 0.3) is 20.4 Å². The summed E-state index contributed by atoms with van der Waals surface area (Å²) in [6.45, 7) is 4.76. The topological polar surface area (TPSA) is 114 Å². The van der Waals surface area contributed by atoms with Crippen LogP contribution < -0.4 is 0 Å². The molecule has 0 N–H and O–H groups in total. The number of rotatable bonds is 6. The van der Waals surface area contributed by atoms with Gasteiger partial charge in [-0.1, -0.05) is 0 Å². The average molecular weight is 410 g/mol. The first-order valence-electron chi connectivity index (χ1n) is 8.58. The Morgan fingerprint density at radius 1 is 1.00 bits per heavy atom. The lowest BCUT2D eigenvalue weighted by molar-refractivity contribution is -0.0456. The predicted octanol–water partition coefficient (Wildman–Crippen LogP) is -0.952. The third kappa shape index (κ3) is 4.72. The van der Waals surface area contributed by atoms with E-state index < -0.39 is 20.4 Å². The minimum absolute atomic E-state index is 0.0912. The van der Waals surface area contributed by atoms with Crippen LogP contribution >= 0.6 is 0 Å². The van der Waals surface area contributed by atoms with E-state index in [1.165, 1.54) is 20.0 Å². The van der Waals surface area contributed by atoms with Crippen LogP contribution in [0.1, 0.15) is 20.3 Å². The van der Waals surface area contributed by atoms with Crippen LogP contribution in [0, 0.1) is 11.3 Å². The Morgan fingerprint density at radius 2 is 1.50 bits per heavy atom. The molecule has 2 fully saturated rings. The molecule has 26 heavy (non-hydrogen) atoms. The van der Waals surface area contributed by atoms with Gasteiger partial charge in [0.2, 0.25) is 0 Å². The van der Waals surface area contributed by atoms with E-state index in [1.54, 1.807) is 0 Å². The molecule has 2 heterocycles. The van der Waals surface area contributed by atoms with Gasteiger partial charge < -0.3 is 4.74 Å². The van der Waals surface area contributed by atoms with E-state index in [2.05, 4.69) is 0 Å². The summed E-state index contributed by atoms with van der Waals surface area (Å²) >= 11 is 0. The second kappa shape index (κ2) is 8.47. The van der Waals surface area contributed by atoms with Crippen LogP contribution in [0.4, 0.5) is 0 Å². The lowest BCUT2D eigenvalue weighted by Crippen LogP contribution is -2.58. The second-order valence-electron chi connectivity index (χ2n) is 6.62. The van der Waals surface area contributed by atoms with Gasteiger partial charge in [-0.25, -0.2) is 0 Å². The van der Waals surface area contributed by atoms with Crippen molar-refractivity contribution in [2.24, 2.45) is 0 Å². The Labute approximate surface area is 156 Å². The largest absolute Gasteiger partial charge is 0.373 e. The number of piperazine rings is 1. The van der Waals surface area contributed by atoms with E-state index >= 15 is 0 Å². The zero-order chi connectivity index (χ0) is 19.5. The highest BCUT2D eigenvalue weighted by molar-refractivity contribution is 7.87. The molecule has 150 valence electrons. The van der Waals surface area contributed by atoms with E-state index in [0.717, 1.165) is 4.31 Å². The molecule has 2 saturated heterocycles. The molecule has 2 rings (SSSR count). The summed E-state index contributed by atoms with van der Waals surface area (Å²) in [5.41, 5.74) is 0. The number of hydrogen-bond donors (Lipinski definition) is 0. The molecule has 2 unspecified atom stereocenters. The number of ether oxygens (including phenoxy) is 1. The van der Waals surface area contributed by atoms with Crippen LogP contribution in [-0.2, 0) is 25.2 Å². The first kappa shape index (κ1) is 21.5. The van der Waals surface area contributed by atoms with Gasteiger partial charge in [-0.15, -0.1) is 0 Å². The van der Waals surface area contributed by atoms with Crippen LogP contribution in [0.2, 0.25) is 0 Å². The van der Waals surface area contributed by atoms with Gasteiger partial charge in [0, 0.05) is 59.3 Å². The molecule has 0 aromatic rings. The fraction of sp³-hybridized carbons (Fsp3) is 0.929. The Morgan fingerprint density at radius 3 is 2.00 bits per heavy atom. The van der Waals surface area contributed by atoms with Crippen molar-refractivity contribution in [2.75, 3.05) is 52.9 Å². The van der Waals surface area contributed by atoms with E-state index in [-0.39, 0.29) is 51.4 Å². The van der Waals surface area contributed by atoms with Crippen LogP contribution in [-0.4, -0.2) is 99.1 Å². The van der Waals surface area contributed by atoms with Gasteiger partial charge in [0.15, 0.2) is 0 Å². The van der Waals surface area contributed by atoms with Crippen LogP contribution in [0.5, 0.6) is 0 Å². The van der Waals surface area contributed by atoms with Crippen molar-refractivity contribution < 1.29 is 21.6 Å². The van der Waals surface area contributed by atoms with Gasteiger partial charge >= 0.3 is 0 Å². The quantitative estimate of drug-likeness (QED) is 0.559. The highest BCUT2D eigenvalue weighted by atomic mass is 32.2. The third-order valence-corrected chi connectivity index (χ3v) is 8.45. The first-order chi connectivity index (χ1) is 12.1. The maximum absolute atomic E-state index is 12.8. The van der Waals surface area contributed by atoms with Gasteiger partial charge in [0.1, 0.15) is 0 Å². The third-order valence-electron chi connectivity index (χ3n) is 4.49. The summed E-state index contributed by atoms with van der Waals surface area (Å²) in [5, 5.41) is 8.60. The van der Waals surface area contributed by atoms with E-state index in [0.29, 0.717) is 13.1 Å². The summed E-state index contributed by atoms with van der Waals surface area (Å²) in [7, 11) is -5.91. The smallest absolute Gasteiger partial charge is 0.282 e. The van der Waals surface area contributed by atoms with Crippen molar-refractivity contribution >= 4 is 20.4 Å². The van der Waals surface area contributed by atoms with E-state index in [1.807, 2.05) is 19.9 Å². The highest BCUT2D eigenvalue weighted by Crippen LogP contribution is 2.20. The predicted molar refractivity (Wildman–Crippen MR) is 95.4 cm³/mol. The first-order valence-corrected chi connectivity index (χ1v) is 11.4. The molecule has 0 amide bonds. The van der Waals surface area contributed by atoms with Crippen LogP contribution in [0.3, 0.4) is 0 Å². The molecule has 0 spiro atoms. The number of morpholine rings is 1. The molecule has 0 radical (unpaired) electrons. The molecule has 10 nitrogen and oxygen atoms in total. The average Bonchev–Trinajstić information content (AvgIpc) is 2.58. The zero-order valence-electron chi connectivity index (χ0n) is 15.4. The van der Waals surface area contributed by atoms with E-state index in [4.69, 9.17) is 10.00 Å². The second-order valence-corrected chi connectivity index (χ2v) is 10.6. The van der Waals surface area contributed by atoms with Crippen molar-refractivity contribution in [3.63, 3.8) is 0 Å². The molecule has 2 aliphatic heterocycles. The monoisotopic (exact) mass is 409 g/mol. The Hall–Kier alpha value is -0.810. The Balaban J connectivity index is 2.00. The molecular weight excluding hydrogens is 382 g/mol. The molecule has 0 aromatic heterocycles. The van der Waals surface area contributed by atoms with Gasteiger partial charge in [-0.3, -0.25) is 0 Å². The maximum atomic E-state index is 12.8. The highest BCUT2D eigenvalue weighted by Gasteiger charge is 2.39. The fourth-order valence-corrected chi connectivity index (χ4v) is 6.22. The van der Waals surface area contributed by atoms with Crippen molar-refractivity contribution in [1.29, 1.82) is 5.26 Å². The molecule has 2 atom stereocenters. The molecule has 12 heteroatoms. The molecular formula is C14H27N5O5S2. The number of nitrogens with zero attached hydrogens (tertiary/aromatic N) is 5. The lowest BCUT2D eigenvalue weighted by atomic mass is 10.3.